The summed E-state index contributed by atoms with van der Waals surface area (Å²) in [6.07, 6.45) is 0.824. The molecule has 134 valence electrons. The molecule has 0 fully saturated rings. The third kappa shape index (κ3) is 8.02. The highest BCUT2D eigenvalue weighted by Gasteiger charge is 2.03. The molecule has 0 atom stereocenters. The SMILES string of the molecule is CN=C(NCCCNC(=O)c1ccccc1)NCc1ccccc1.I. The van der Waals surface area contributed by atoms with Crippen LogP contribution in [0.15, 0.2) is 65.7 Å². The number of guanidine groups is 1. The second-order valence-electron chi connectivity index (χ2n) is 5.31. The van der Waals surface area contributed by atoms with Crippen LogP contribution in [0.5, 0.6) is 0 Å². The number of carbonyl (C=O) groups is 1. The number of aliphatic imine (C=N–C) groups is 1. The highest BCUT2D eigenvalue weighted by atomic mass is 127. The molecule has 6 heteroatoms. The van der Waals surface area contributed by atoms with Gasteiger partial charge in [0.25, 0.3) is 5.91 Å². The van der Waals surface area contributed by atoms with Gasteiger partial charge in [-0.1, -0.05) is 48.5 Å². The summed E-state index contributed by atoms with van der Waals surface area (Å²) in [5, 5.41) is 9.41. The number of carbonyl (C=O) groups excluding carboxylic acids is 1. The fourth-order valence-electron chi connectivity index (χ4n) is 2.19. The summed E-state index contributed by atoms with van der Waals surface area (Å²) in [5.74, 6) is 0.718. The van der Waals surface area contributed by atoms with Crippen LogP contribution in [0.1, 0.15) is 22.3 Å². The van der Waals surface area contributed by atoms with Crippen molar-refractivity contribution in [3.05, 3.63) is 71.8 Å². The summed E-state index contributed by atoms with van der Waals surface area (Å²) >= 11 is 0. The van der Waals surface area contributed by atoms with Crippen molar-refractivity contribution in [3.63, 3.8) is 0 Å². The third-order valence-corrected chi connectivity index (χ3v) is 3.49. The highest BCUT2D eigenvalue weighted by Crippen LogP contribution is 1.98. The quantitative estimate of drug-likeness (QED) is 0.262. The fraction of sp³-hybridized carbons (Fsp3) is 0.263. The maximum absolute atomic E-state index is 11.9. The number of rotatable bonds is 7. The number of nitrogens with one attached hydrogen (secondary N) is 3. The summed E-state index contributed by atoms with van der Waals surface area (Å²) in [5.41, 5.74) is 1.89. The molecule has 0 aliphatic rings. The van der Waals surface area contributed by atoms with Crippen LogP contribution in [0.25, 0.3) is 0 Å². The molecule has 5 nitrogen and oxygen atoms in total. The Kier molecular flexibility index (Phi) is 10.3. The molecule has 0 bridgehead atoms. The Hall–Kier alpha value is -2.09. The molecule has 0 heterocycles. The average molecular weight is 452 g/mol. The van der Waals surface area contributed by atoms with Gasteiger partial charge in [-0.2, -0.15) is 0 Å². The highest BCUT2D eigenvalue weighted by molar-refractivity contribution is 14.0. The Labute approximate surface area is 166 Å². The smallest absolute Gasteiger partial charge is 0.251 e. The van der Waals surface area contributed by atoms with Crippen molar-refractivity contribution in [2.75, 3.05) is 20.1 Å². The zero-order valence-corrected chi connectivity index (χ0v) is 16.7. The largest absolute Gasteiger partial charge is 0.356 e. The average Bonchev–Trinajstić information content (AvgIpc) is 2.65. The molecule has 2 aromatic rings. The Morgan fingerprint density at radius 1 is 0.880 bits per heavy atom. The Morgan fingerprint density at radius 3 is 2.12 bits per heavy atom. The van der Waals surface area contributed by atoms with Crippen LogP contribution >= 0.6 is 24.0 Å². The van der Waals surface area contributed by atoms with Crippen molar-refractivity contribution in [3.8, 4) is 0 Å². The van der Waals surface area contributed by atoms with E-state index in [0.717, 1.165) is 25.5 Å². The van der Waals surface area contributed by atoms with E-state index in [0.29, 0.717) is 12.1 Å². The molecule has 2 aromatic carbocycles. The lowest BCUT2D eigenvalue weighted by Crippen LogP contribution is -2.38. The van der Waals surface area contributed by atoms with Gasteiger partial charge in [0.1, 0.15) is 0 Å². The lowest BCUT2D eigenvalue weighted by atomic mass is 10.2. The summed E-state index contributed by atoms with van der Waals surface area (Å²) in [6.45, 7) is 2.09. The monoisotopic (exact) mass is 452 g/mol. The van der Waals surface area contributed by atoms with Gasteiger partial charge in [-0.25, -0.2) is 0 Å². The van der Waals surface area contributed by atoms with Crippen molar-refractivity contribution < 1.29 is 4.79 Å². The third-order valence-electron chi connectivity index (χ3n) is 3.49. The van der Waals surface area contributed by atoms with Crippen LogP contribution in [0.3, 0.4) is 0 Å². The summed E-state index contributed by atoms with van der Waals surface area (Å²) in [7, 11) is 1.75. The van der Waals surface area contributed by atoms with E-state index in [9.17, 15) is 4.79 Å². The lowest BCUT2D eigenvalue weighted by Gasteiger charge is -2.12. The minimum Gasteiger partial charge on any atom is -0.356 e. The van der Waals surface area contributed by atoms with Crippen molar-refractivity contribution in [1.82, 2.24) is 16.0 Å². The molecule has 25 heavy (non-hydrogen) atoms. The molecule has 0 aromatic heterocycles. The zero-order chi connectivity index (χ0) is 17.0. The molecule has 0 unspecified atom stereocenters. The molecule has 2 rings (SSSR count). The lowest BCUT2D eigenvalue weighted by molar-refractivity contribution is 0.0953. The number of benzene rings is 2. The zero-order valence-electron chi connectivity index (χ0n) is 14.4. The van der Waals surface area contributed by atoms with Gasteiger partial charge in [-0.3, -0.25) is 9.79 Å². The molecule has 0 aliphatic carbocycles. The van der Waals surface area contributed by atoms with E-state index >= 15 is 0 Å². The van der Waals surface area contributed by atoms with E-state index in [-0.39, 0.29) is 29.9 Å². The van der Waals surface area contributed by atoms with Gasteiger partial charge in [0.05, 0.1) is 0 Å². The predicted molar refractivity (Wildman–Crippen MR) is 113 cm³/mol. The van der Waals surface area contributed by atoms with Crippen LogP contribution in [-0.4, -0.2) is 32.0 Å². The Bertz CT molecular complexity index is 647. The Balaban J connectivity index is 0.00000312. The van der Waals surface area contributed by atoms with Crippen molar-refractivity contribution in [2.45, 2.75) is 13.0 Å². The van der Waals surface area contributed by atoms with Crippen molar-refractivity contribution in [1.29, 1.82) is 0 Å². The van der Waals surface area contributed by atoms with Crippen LogP contribution in [-0.2, 0) is 6.54 Å². The first kappa shape index (κ1) is 21.0. The minimum atomic E-state index is -0.0396. The minimum absolute atomic E-state index is 0. The summed E-state index contributed by atoms with van der Waals surface area (Å²) < 4.78 is 0. The van der Waals surface area contributed by atoms with Gasteiger partial charge >= 0.3 is 0 Å². The van der Waals surface area contributed by atoms with Crippen LogP contribution in [0.2, 0.25) is 0 Å². The van der Waals surface area contributed by atoms with Gasteiger partial charge in [-0.05, 0) is 24.1 Å². The second-order valence-corrected chi connectivity index (χ2v) is 5.31. The standard InChI is InChI=1S/C19H24N4O.HI/c1-20-19(23-15-16-9-4-2-5-10-16)22-14-8-13-21-18(24)17-11-6-3-7-12-17;/h2-7,9-12H,8,13-15H2,1H3,(H,21,24)(H2,20,22,23);1H. The number of amides is 1. The molecular weight excluding hydrogens is 427 g/mol. The van der Waals surface area contributed by atoms with Gasteiger partial charge in [0, 0.05) is 32.2 Å². The number of hydrogen-bond donors (Lipinski definition) is 3. The number of nitrogens with zero attached hydrogens (tertiary/aromatic N) is 1. The molecule has 0 radical (unpaired) electrons. The van der Waals surface area contributed by atoms with Gasteiger partial charge in [0.15, 0.2) is 5.96 Å². The number of halogens is 1. The van der Waals surface area contributed by atoms with Crippen molar-refractivity contribution >= 4 is 35.8 Å². The molecule has 0 aliphatic heterocycles. The molecule has 3 N–H and O–H groups in total. The van der Waals surface area contributed by atoms with Crippen LogP contribution in [0.4, 0.5) is 0 Å². The van der Waals surface area contributed by atoms with Gasteiger partial charge in [0.2, 0.25) is 0 Å². The molecule has 1 amide bonds. The first-order valence-corrected chi connectivity index (χ1v) is 8.11. The second kappa shape index (κ2) is 12.3. The molecular formula is C19H25IN4O. The number of hydrogen-bond acceptors (Lipinski definition) is 2. The normalized spacial score (nSPS) is 10.5. The van der Waals surface area contributed by atoms with Gasteiger partial charge < -0.3 is 16.0 Å². The first-order valence-electron chi connectivity index (χ1n) is 8.11. The first-order chi connectivity index (χ1) is 11.8. The fourth-order valence-corrected chi connectivity index (χ4v) is 2.19. The van der Waals surface area contributed by atoms with E-state index in [2.05, 4.69) is 33.1 Å². The summed E-state index contributed by atoms with van der Waals surface area (Å²) in [6, 6.07) is 19.4. The Morgan fingerprint density at radius 2 is 1.48 bits per heavy atom. The van der Waals surface area contributed by atoms with E-state index in [1.165, 1.54) is 5.56 Å². The van der Waals surface area contributed by atoms with Crippen molar-refractivity contribution in [2.24, 2.45) is 4.99 Å². The summed E-state index contributed by atoms with van der Waals surface area (Å²) in [4.78, 5) is 16.1. The maximum Gasteiger partial charge on any atom is 0.251 e. The molecule has 0 saturated carbocycles. The molecule has 0 saturated heterocycles. The topological polar surface area (TPSA) is 65.5 Å². The van der Waals surface area contributed by atoms with Crippen LogP contribution < -0.4 is 16.0 Å². The van der Waals surface area contributed by atoms with E-state index in [4.69, 9.17) is 0 Å². The van der Waals surface area contributed by atoms with E-state index in [1.807, 2.05) is 48.5 Å². The van der Waals surface area contributed by atoms with Gasteiger partial charge in [-0.15, -0.1) is 24.0 Å². The van der Waals surface area contributed by atoms with E-state index in [1.54, 1.807) is 7.05 Å². The maximum atomic E-state index is 11.9. The van der Waals surface area contributed by atoms with E-state index < -0.39 is 0 Å². The van der Waals surface area contributed by atoms with Crippen LogP contribution in [0, 0.1) is 0 Å². The molecule has 0 spiro atoms. The predicted octanol–water partition coefficient (Wildman–Crippen LogP) is 2.79.